The molecule has 1 aromatic heterocycles. The van der Waals surface area contributed by atoms with E-state index in [0.29, 0.717) is 13.0 Å². The quantitative estimate of drug-likeness (QED) is 0.693. The number of rotatable bonds is 6. The van der Waals surface area contributed by atoms with E-state index in [1.807, 2.05) is 29.8 Å². The number of aromatic nitrogens is 2. The highest BCUT2D eigenvalue weighted by Gasteiger charge is 2.06. The van der Waals surface area contributed by atoms with Crippen molar-refractivity contribution in [2.24, 2.45) is 7.05 Å². The number of benzene rings is 1. The van der Waals surface area contributed by atoms with Crippen LogP contribution >= 0.6 is 0 Å². The number of imidazole rings is 1. The van der Waals surface area contributed by atoms with Crippen molar-refractivity contribution in [3.8, 4) is 0 Å². The minimum atomic E-state index is -0.0607. The molecular weight excluding hydrogens is 230 g/mol. The molecule has 1 heterocycles. The Morgan fingerprint density at radius 3 is 2.94 bits per heavy atom. The highest BCUT2D eigenvalue weighted by molar-refractivity contribution is 5.75. The predicted octanol–water partition coefficient (Wildman–Crippen LogP) is 0.406. The second kappa shape index (κ2) is 5.95. The van der Waals surface area contributed by atoms with Gasteiger partial charge in [-0.05, 0) is 24.1 Å². The second-order valence-electron chi connectivity index (χ2n) is 4.45. The molecule has 2 aromatic rings. The van der Waals surface area contributed by atoms with Crippen LogP contribution in [0.25, 0.3) is 11.0 Å². The number of hydrogen-bond donors (Lipinski definition) is 3. The monoisotopic (exact) mass is 249 g/mol. The molecule has 5 nitrogen and oxygen atoms in total. The summed E-state index contributed by atoms with van der Waals surface area (Å²) in [5.74, 6) is 0. The lowest BCUT2D eigenvalue weighted by Gasteiger charge is -2.14. The zero-order valence-corrected chi connectivity index (χ0v) is 10.5. The molecule has 0 aliphatic rings. The van der Waals surface area contributed by atoms with Crippen LogP contribution in [0, 0.1) is 0 Å². The van der Waals surface area contributed by atoms with Crippen molar-refractivity contribution in [2.75, 3.05) is 13.2 Å². The van der Waals surface area contributed by atoms with Gasteiger partial charge in [-0.2, -0.15) is 0 Å². The minimum absolute atomic E-state index is 0.0341. The topological polar surface area (TPSA) is 70.3 Å². The average molecular weight is 249 g/mol. The van der Waals surface area contributed by atoms with E-state index in [2.05, 4.69) is 10.3 Å². The molecule has 0 radical (unpaired) electrons. The van der Waals surface area contributed by atoms with Gasteiger partial charge in [0.25, 0.3) is 0 Å². The molecule has 0 spiro atoms. The fraction of sp³-hybridized carbons (Fsp3) is 0.462. The van der Waals surface area contributed by atoms with E-state index < -0.39 is 0 Å². The van der Waals surface area contributed by atoms with Gasteiger partial charge in [0, 0.05) is 26.2 Å². The third kappa shape index (κ3) is 2.87. The van der Waals surface area contributed by atoms with E-state index >= 15 is 0 Å². The molecule has 1 atom stereocenters. The number of aliphatic hydroxyl groups excluding tert-OH is 2. The van der Waals surface area contributed by atoms with Crippen LogP contribution in [0.5, 0.6) is 0 Å². The maximum absolute atomic E-state index is 9.12. The summed E-state index contributed by atoms with van der Waals surface area (Å²) >= 11 is 0. The van der Waals surface area contributed by atoms with Crippen LogP contribution in [0.3, 0.4) is 0 Å². The molecule has 5 heteroatoms. The normalized spacial score (nSPS) is 13.1. The molecule has 0 saturated carbocycles. The van der Waals surface area contributed by atoms with Gasteiger partial charge in [0.1, 0.15) is 0 Å². The number of hydrogen-bond acceptors (Lipinski definition) is 4. The molecule has 1 aromatic carbocycles. The smallest absolute Gasteiger partial charge is 0.0955 e. The first-order valence-corrected chi connectivity index (χ1v) is 6.09. The molecule has 18 heavy (non-hydrogen) atoms. The van der Waals surface area contributed by atoms with Crippen LogP contribution in [-0.4, -0.2) is 39.0 Å². The van der Waals surface area contributed by atoms with Gasteiger partial charge in [-0.1, -0.05) is 6.07 Å². The van der Waals surface area contributed by atoms with Gasteiger partial charge in [0.15, 0.2) is 0 Å². The zero-order chi connectivity index (χ0) is 13.0. The minimum Gasteiger partial charge on any atom is -0.396 e. The average Bonchev–Trinajstić information content (AvgIpc) is 2.76. The predicted molar refractivity (Wildman–Crippen MR) is 70.1 cm³/mol. The first-order chi connectivity index (χ1) is 8.74. The van der Waals surface area contributed by atoms with Crippen LogP contribution in [-0.2, 0) is 13.6 Å². The van der Waals surface area contributed by atoms with Crippen LogP contribution in [0.15, 0.2) is 24.5 Å². The molecular formula is C13H19N3O2. The lowest BCUT2D eigenvalue weighted by molar-refractivity contribution is 0.200. The first kappa shape index (κ1) is 13.0. The summed E-state index contributed by atoms with van der Waals surface area (Å²) < 4.78 is 1.98. The van der Waals surface area contributed by atoms with E-state index in [4.69, 9.17) is 10.2 Å². The summed E-state index contributed by atoms with van der Waals surface area (Å²) in [5.41, 5.74) is 3.20. The standard InChI is InChI=1S/C13H19N3O2/c1-16-9-15-12-6-10(2-3-13(12)16)7-14-11(8-18)4-5-17/h2-3,6,9,11,14,17-18H,4-5,7-8H2,1H3. The number of aliphatic hydroxyl groups is 2. The van der Waals surface area contributed by atoms with Gasteiger partial charge in [-0.3, -0.25) is 0 Å². The molecule has 0 saturated heterocycles. The summed E-state index contributed by atoms with van der Waals surface area (Å²) in [6.45, 7) is 0.779. The van der Waals surface area contributed by atoms with Crippen molar-refractivity contribution in [1.29, 1.82) is 0 Å². The fourth-order valence-corrected chi connectivity index (χ4v) is 1.97. The number of nitrogens with one attached hydrogen (secondary N) is 1. The highest BCUT2D eigenvalue weighted by atomic mass is 16.3. The fourth-order valence-electron chi connectivity index (χ4n) is 1.97. The van der Waals surface area contributed by atoms with Crippen molar-refractivity contribution < 1.29 is 10.2 Å². The number of aryl methyl sites for hydroxylation is 1. The molecule has 0 aliphatic heterocycles. The molecule has 98 valence electrons. The maximum atomic E-state index is 9.12. The number of fused-ring (bicyclic) bond motifs is 1. The molecule has 0 amide bonds. The van der Waals surface area contributed by atoms with Crippen molar-refractivity contribution in [3.63, 3.8) is 0 Å². The Morgan fingerprint density at radius 1 is 1.39 bits per heavy atom. The Balaban J connectivity index is 2.03. The maximum Gasteiger partial charge on any atom is 0.0955 e. The summed E-state index contributed by atoms with van der Waals surface area (Å²) in [7, 11) is 1.97. The summed E-state index contributed by atoms with van der Waals surface area (Å²) in [4.78, 5) is 4.31. The zero-order valence-electron chi connectivity index (χ0n) is 10.5. The van der Waals surface area contributed by atoms with Gasteiger partial charge >= 0.3 is 0 Å². The van der Waals surface area contributed by atoms with Crippen molar-refractivity contribution in [3.05, 3.63) is 30.1 Å². The van der Waals surface area contributed by atoms with Gasteiger partial charge in [0.2, 0.25) is 0 Å². The van der Waals surface area contributed by atoms with Crippen LogP contribution in [0.4, 0.5) is 0 Å². The second-order valence-corrected chi connectivity index (χ2v) is 4.45. The Labute approximate surface area is 106 Å². The van der Waals surface area contributed by atoms with E-state index in [0.717, 1.165) is 16.6 Å². The van der Waals surface area contributed by atoms with Gasteiger partial charge in [-0.25, -0.2) is 4.98 Å². The third-order valence-electron chi connectivity index (χ3n) is 3.08. The lowest BCUT2D eigenvalue weighted by atomic mass is 10.1. The molecule has 0 aliphatic carbocycles. The van der Waals surface area contributed by atoms with Crippen molar-refractivity contribution in [1.82, 2.24) is 14.9 Å². The summed E-state index contributed by atoms with van der Waals surface area (Å²) in [6, 6.07) is 6.06. The SMILES string of the molecule is Cn1cnc2cc(CNC(CO)CCO)ccc21. The molecule has 0 bridgehead atoms. The van der Waals surface area contributed by atoms with Crippen molar-refractivity contribution >= 4 is 11.0 Å². The Kier molecular flexibility index (Phi) is 4.30. The van der Waals surface area contributed by atoms with E-state index in [-0.39, 0.29) is 19.3 Å². The van der Waals surface area contributed by atoms with E-state index in [1.165, 1.54) is 0 Å². The molecule has 2 rings (SSSR count). The molecule has 1 unspecified atom stereocenters. The largest absolute Gasteiger partial charge is 0.396 e. The van der Waals surface area contributed by atoms with Gasteiger partial charge in [0.05, 0.1) is 24.0 Å². The first-order valence-electron chi connectivity index (χ1n) is 6.09. The number of nitrogens with zero attached hydrogens (tertiary/aromatic N) is 2. The van der Waals surface area contributed by atoms with E-state index in [1.54, 1.807) is 6.33 Å². The Bertz CT molecular complexity index is 510. The van der Waals surface area contributed by atoms with Crippen molar-refractivity contribution in [2.45, 2.75) is 19.0 Å². The molecule has 0 fully saturated rings. The van der Waals surface area contributed by atoms with Gasteiger partial charge < -0.3 is 20.1 Å². The Morgan fingerprint density at radius 2 is 2.22 bits per heavy atom. The van der Waals surface area contributed by atoms with E-state index in [9.17, 15) is 0 Å². The third-order valence-corrected chi connectivity index (χ3v) is 3.08. The lowest BCUT2D eigenvalue weighted by Crippen LogP contribution is -2.32. The van der Waals surface area contributed by atoms with Crippen LogP contribution < -0.4 is 5.32 Å². The van der Waals surface area contributed by atoms with Crippen LogP contribution in [0.2, 0.25) is 0 Å². The highest BCUT2D eigenvalue weighted by Crippen LogP contribution is 2.13. The Hall–Kier alpha value is -1.43. The summed E-state index contributed by atoms with van der Waals surface area (Å²) in [6.07, 6.45) is 2.35. The summed E-state index contributed by atoms with van der Waals surface area (Å²) in [5, 5.41) is 21.2. The van der Waals surface area contributed by atoms with Crippen LogP contribution in [0.1, 0.15) is 12.0 Å². The molecule has 3 N–H and O–H groups in total. The van der Waals surface area contributed by atoms with Gasteiger partial charge in [-0.15, -0.1) is 0 Å².